The van der Waals surface area contributed by atoms with Crippen LogP contribution in [0.25, 0.3) is 0 Å². The van der Waals surface area contributed by atoms with Crippen molar-refractivity contribution in [1.29, 1.82) is 0 Å². The van der Waals surface area contributed by atoms with Gasteiger partial charge in [0, 0.05) is 24.0 Å². The maximum absolute atomic E-state index is 12.8. The van der Waals surface area contributed by atoms with E-state index in [1.54, 1.807) is 6.07 Å². The summed E-state index contributed by atoms with van der Waals surface area (Å²) in [4.78, 5) is 36.9. The second-order valence-corrected chi connectivity index (χ2v) is 6.98. The molecule has 0 bridgehead atoms. The molecule has 2 aromatic rings. The molecule has 28 heavy (non-hydrogen) atoms. The normalized spacial score (nSPS) is 22.3. The number of amides is 3. The van der Waals surface area contributed by atoms with Crippen molar-refractivity contribution in [2.45, 2.75) is 17.9 Å². The molecule has 2 unspecified atom stereocenters. The largest absolute Gasteiger partial charge is 0.496 e. The first-order chi connectivity index (χ1) is 13.4. The molecule has 8 heteroatoms. The molecule has 4 rings (SSSR count). The molecular formula is C20H20N4O4. The van der Waals surface area contributed by atoms with Crippen LogP contribution in [0.5, 0.6) is 5.75 Å². The molecule has 2 heterocycles. The monoisotopic (exact) mass is 380 g/mol. The van der Waals surface area contributed by atoms with Crippen LogP contribution in [-0.2, 0) is 15.0 Å². The van der Waals surface area contributed by atoms with Crippen molar-refractivity contribution in [3.8, 4) is 5.75 Å². The molecule has 1 spiro atoms. The van der Waals surface area contributed by atoms with Gasteiger partial charge in [-0.25, -0.2) is 0 Å². The smallest absolute Gasteiger partial charge is 0.252 e. The predicted molar refractivity (Wildman–Crippen MR) is 103 cm³/mol. The molecule has 0 aliphatic carbocycles. The number of benzene rings is 2. The van der Waals surface area contributed by atoms with Crippen molar-refractivity contribution >= 4 is 29.1 Å². The summed E-state index contributed by atoms with van der Waals surface area (Å²) >= 11 is 0. The molecule has 2 aliphatic heterocycles. The number of carbonyl (C=O) groups is 3. The maximum Gasteiger partial charge on any atom is 0.252 e. The first-order valence-electron chi connectivity index (χ1n) is 8.88. The third kappa shape index (κ3) is 2.74. The van der Waals surface area contributed by atoms with Crippen molar-refractivity contribution in [3.63, 3.8) is 0 Å². The number of fused-ring (bicyclic) bond motifs is 2. The number of carbonyl (C=O) groups excluding carboxylic acids is 3. The summed E-state index contributed by atoms with van der Waals surface area (Å²) in [7, 11) is 1.42. The van der Waals surface area contributed by atoms with Gasteiger partial charge in [-0.1, -0.05) is 18.2 Å². The van der Waals surface area contributed by atoms with Crippen molar-refractivity contribution in [1.82, 2.24) is 5.32 Å². The molecule has 2 aliphatic rings. The average Bonchev–Trinajstić information content (AvgIpc) is 3.23. The van der Waals surface area contributed by atoms with Gasteiger partial charge in [0.2, 0.25) is 11.8 Å². The standard InChI is InChI=1S/C20H20N4O4/c1-28-16-8-11(6-7-12(16)17(21)25)23-18(26)15-9-20(19(27)24-15)10-22-14-5-3-2-4-13(14)20/h2-8,15,22H,9-10H2,1H3,(H2,21,25)(H,23,26)(H,24,27). The highest BCUT2D eigenvalue weighted by Crippen LogP contribution is 2.43. The SMILES string of the molecule is COc1cc(NC(=O)C2CC3(CNc4ccccc43)C(=O)N2)ccc1C(N)=O. The Kier molecular flexibility index (Phi) is 4.18. The van der Waals surface area contributed by atoms with Gasteiger partial charge >= 0.3 is 0 Å². The zero-order valence-corrected chi connectivity index (χ0v) is 15.2. The van der Waals surface area contributed by atoms with E-state index in [0.29, 0.717) is 18.7 Å². The van der Waals surface area contributed by atoms with E-state index < -0.39 is 17.4 Å². The van der Waals surface area contributed by atoms with Crippen molar-refractivity contribution < 1.29 is 19.1 Å². The molecule has 1 fully saturated rings. The highest BCUT2D eigenvalue weighted by molar-refractivity contribution is 6.04. The van der Waals surface area contributed by atoms with E-state index in [1.807, 2.05) is 24.3 Å². The van der Waals surface area contributed by atoms with E-state index in [1.165, 1.54) is 19.2 Å². The Morgan fingerprint density at radius 1 is 1.25 bits per heavy atom. The molecular weight excluding hydrogens is 360 g/mol. The number of hydrogen-bond acceptors (Lipinski definition) is 5. The van der Waals surface area contributed by atoms with E-state index in [2.05, 4.69) is 16.0 Å². The molecule has 0 aromatic heterocycles. The van der Waals surface area contributed by atoms with Crippen molar-refractivity contribution in [3.05, 3.63) is 53.6 Å². The zero-order chi connectivity index (χ0) is 19.9. The van der Waals surface area contributed by atoms with E-state index in [0.717, 1.165) is 11.3 Å². The minimum absolute atomic E-state index is 0.160. The van der Waals surface area contributed by atoms with Gasteiger partial charge < -0.3 is 26.4 Å². The minimum Gasteiger partial charge on any atom is -0.496 e. The Balaban J connectivity index is 1.53. The Morgan fingerprint density at radius 3 is 2.79 bits per heavy atom. The van der Waals surface area contributed by atoms with Crippen molar-refractivity contribution in [2.75, 3.05) is 24.3 Å². The van der Waals surface area contributed by atoms with Crippen LogP contribution in [-0.4, -0.2) is 37.4 Å². The third-order valence-corrected chi connectivity index (χ3v) is 5.37. The summed E-state index contributed by atoms with van der Waals surface area (Å²) in [5, 5.41) is 8.83. The summed E-state index contributed by atoms with van der Waals surface area (Å²) < 4.78 is 5.16. The zero-order valence-electron chi connectivity index (χ0n) is 15.2. The highest BCUT2D eigenvalue weighted by atomic mass is 16.5. The molecule has 0 saturated carbocycles. The van der Waals surface area contributed by atoms with E-state index in [-0.39, 0.29) is 23.1 Å². The van der Waals surface area contributed by atoms with Gasteiger partial charge in [-0.05, 0) is 30.2 Å². The lowest BCUT2D eigenvalue weighted by Crippen LogP contribution is -2.39. The molecule has 144 valence electrons. The number of methoxy groups -OCH3 is 1. The fourth-order valence-corrected chi connectivity index (χ4v) is 3.93. The van der Waals surface area contributed by atoms with Crippen molar-refractivity contribution in [2.24, 2.45) is 5.73 Å². The van der Waals surface area contributed by atoms with Gasteiger partial charge in [-0.3, -0.25) is 14.4 Å². The fraction of sp³-hybridized carbons (Fsp3) is 0.250. The lowest BCUT2D eigenvalue weighted by molar-refractivity contribution is -0.125. The second-order valence-electron chi connectivity index (χ2n) is 6.98. The molecule has 1 saturated heterocycles. The number of rotatable bonds is 4. The Bertz CT molecular complexity index is 990. The van der Waals surface area contributed by atoms with Gasteiger partial charge in [0.15, 0.2) is 0 Å². The fourth-order valence-electron chi connectivity index (χ4n) is 3.93. The highest BCUT2D eigenvalue weighted by Gasteiger charge is 2.53. The summed E-state index contributed by atoms with van der Waals surface area (Å²) in [6, 6.07) is 11.6. The maximum atomic E-state index is 12.8. The number of para-hydroxylation sites is 1. The Labute approximate surface area is 161 Å². The average molecular weight is 380 g/mol. The molecule has 3 amide bonds. The van der Waals surface area contributed by atoms with Crippen LogP contribution < -0.4 is 26.4 Å². The lowest BCUT2D eigenvalue weighted by Gasteiger charge is -2.19. The van der Waals surface area contributed by atoms with Gasteiger partial charge in [0.05, 0.1) is 18.1 Å². The molecule has 0 radical (unpaired) electrons. The van der Waals surface area contributed by atoms with Crippen LogP contribution in [0.2, 0.25) is 0 Å². The summed E-state index contributed by atoms with van der Waals surface area (Å²) in [5.74, 6) is -0.839. The summed E-state index contributed by atoms with van der Waals surface area (Å²) in [5.41, 5.74) is 7.07. The molecule has 2 aromatic carbocycles. The van der Waals surface area contributed by atoms with E-state index in [4.69, 9.17) is 10.5 Å². The van der Waals surface area contributed by atoms with Crippen LogP contribution in [0.1, 0.15) is 22.3 Å². The minimum atomic E-state index is -0.744. The van der Waals surface area contributed by atoms with Gasteiger partial charge in [0.1, 0.15) is 11.8 Å². The number of nitrogens with one attached hydrogen (secondary N) is 3. The summed E-state index contributed by atoms with van der Waals surface area (Å²) in [6.45, 7) is 0.461. The molecule has 5 N–H and O–H groups in total. The first kappa shape index (κ1) is 17.8. The van der Waals surface area contributed by atoms with E-state index in [9.17, 15) is 14.4 Å². The third-order valence-electron chi connectivity index (χ3n) is 5.37. The molecule has 8 nitrogen and oxygen atoms in total. The van der Waals surface area contributed by atoms with Crippen LogP contribution in [0.15, 0.2) is 42.5 Å². The Morgan fingerprint density at radius 2 is 2.04 bits per heavy atom. The number of primary amides is 1. The number of nitrogens with two attached hydrogens (primary N) is 1. The van der Waals surface area contributed by atoms with Crippen LogP contribution in [0, 0.1) is 0 Å². The van der Waals surface area contributed by atoms with Gasteiger partial charge in [-0.2, -0.15) is 0 Å². The van der Waals surface area contributed by atoms with Gasteiger partial charge in [0.25, 0.3) is 5.91 Å². The molecule has 2 atom stereocenters. The van der Waals surface area contributed by atoms with E-state index >= 15 is 0 Å². The quantitative estimate of drug-likeness (QED) is 0.630. The predicted octanol–water partition coefficient (Wildman–Crippen LogP) is 0.985. The summed E-state index contributed by atoms with van der Waals surface area (Å²) in [6.07, 6.45) is 0.359. The number of anilines is 2. The van der Waals surface area contributed by atoms with Crippen LogP contribution >= 0.6 is 0 Å². The number of ether oxygens (including phenoxy) is 1. The van der Waals surface area contributed by atoms with Crippen LogP contribution in [0.4, 0.5) is 11.4 Å². The first-order valence-corrected chi connectivity index (χ1v) is 8.88. The topological polar surface area (TPSA) is 123 Å². The Hall–Kier alpha value is -3.55. The lowest BCUT2D eigenvalue weighted by atomic mass is 9.79. The second kappa shape index (κ2) is 6.56. The van der Waals surface area contributed by atoms with Crippen LogP contribution in [0.3, 0.4) is 0 Å². The number of hydrogen-bond donors (Lipinski definition) is 4. The van der Waals surface area contributed by atoms with Gasteiger partial charge in [-0.15, -0.1) is 0 Å².